The third-order valence-corrected chi connectivity index (χ3v) is 3.66. The Hall–Kier alpha value is -1.47. The summed E-state index contributed by atoms with van der Waals surface area (Å²) < 4.78 is 0. The highest BCUT2D eigenvalue weighted by molar-refractivity contribution is 7.09. The molecule has 1 unspecified atom stereocenters. The molecule has 0 aliphatic rings. The number of nitrogens with two attached hydrogens (primary N) is 1. The third kappa shape index (κ3) is 4.00. The SMILES string of the molecule is CCCC(C)(NC(=O)c1csc(CCN)n1)C(=O)O. The average molecular weight is 285 g/mol. The molecule has 0 fully saturated rings. The fraction of sp³-hybridized carbons (Fsp3) is 0.583. The number of rotatable bonds is 7. The van der Waals surface area contributed by atoms with E-state index in [0.29, 0.717) is 25.8 Å². The van der Waals surface area contributed by atoms with Crippen LogP contribution in [0, 0.1) is 0 Å². The molecule has 1 aromatic heterocycles. The number of hydrogen-bond donors (Lipinski definition) is 3. The Labute approximate surface area is 116 Å². The van der Waals surface area contributed by atoms with Crippen LogP contribution in [0.1, 0.15) is 42.2 Å². The Morgan fingerprint density at radius 2 is 2.26 bits per heavy atom. The molecule has 0 bridgehead atoms. The number of nitrogens with zero attached hydrogens (tertiary/aromatic N) is 1. The maximum absolute atomic E-state index is 12.0. The zero-order valence-electron chi connectivity index (χ0n) is 11.1. The first kappa shape index (κ1) is 15.6. The van der Waals surface area contributed by atoms with E-state index in [4.69, 9.17) is 5.73 Å². The van der Waals surface area contributed by atoms with Gasteiger partial charge in [0.25, 0.3) is 5.91 Å². The van der Waals surface area contributed by atoms with Crippen molar-refractivity contribution >= 4 is 23.2 Å². The van der Waals surface area contributed by atoms with Crippen molar-refractivity contribution < 1.29 is 14.7 Å². The monoisotopic (exact) mass is 285 g/mol. The lowest BCUT2D eigenvalue weighted by Gasteiger charge is -2.25. The maximum atomic E-state index is 12.0. The molecule has 1 atom stereocenters. The van der Waals surface area contributed by atoms with Crippen molar-refractivity contribution in [2.24, 2.45) is 5.73 Å². The van der Waals surface area contributed by atoms with E-state index in [9.17, 15) is 14.7 Å². The minimum atomic E-state index is -1.26. The second kappa shape index (κ2) is 6.63. The van der Waals surface area contributed by atoms with Gasteiger partial charge in [-0.2, -0.15) is 0 Å². The van der Waals surface area contributed by atoms with Crippen LogP contribution in [0.25, 0.3) is 0 Å². The summed E-state index contributed by atoms with van der Waals surface area (Å²) in [6, 6.07) is 0. The summed E-state index contributed by atoms with van der Waals surface area (Å²) >= 11 is 1.35. The highest BCUT2D eigenvalue weighted by Crippen LogP contribution is 2.15. The minimum Gasteiger partial charge on any atom is -0.480 e. The van der Waals surface area contributed by atoms with Gasteiger partial charge in [0.05, 0.1) is 5.01 Å². The topological polar surface area (TPSA) is 105 Å². The molecule has 0 aliphatic heterocycles. The first-order valence-electron chi connectivity index (χ1n) is 6.13. The largest absolute Gasteiger partial charge is 0.480 e. The zero-order valence-corrected chi connectivity index (χ0v) is 11.9. The van der Waals surface area contributed by atoms with E-state index in [1.54, 1.807) is 5.38 Å². The van der Waals surface area contributed by atoms with Gasteiger partial charge in [0.15, 0.2) is 0 Å². The Kier molecular flexibility index (Phi) is 5.44. The number of nitrogens with one attached hydrogen (secondary N) is 1. The van der Waals surface area contributed by atoms with Crippen molar-refractivity contribution in [3.63, 3.8) is 0 Å². The predicted molar refractivity (Wildman–Crippen MR) is 73.3 cm³/mol. The number of thiazole rings is 1. The van der Waals surface area contributed by atoms with Gasteiger partial charge in [0, 0.05) is 11.8 Å². The number of carbonyl (C=O) groups excluding carboxylic acids is 1. The van der Waals surface area contributed by atoms with E-state index >= 15 is 0 Å². The smallest absolute Gasteiger partial charge is 0.329 e. The zero-order chi connectivity index (χ0) is 14.5. The molecular formula is C12H19N3O3S. The van der Waals surface area contributed by atoms with Crippen LogP contribution in [0.15, 0.2) is 5.38 Å². The normalized spacial score (nSPS) is 13.8. The Morgan fingerprint density at radius 3 is 2.79 bits per heavy atom. The third-order valence-electron chi connectivity index (χ3n) is 2.75. The van der Waals surface area contributed by atoms with Crippen LogP contribution in [0.5, 0.6) is 0 Å². The Balaban J connectivity index is 2.78. The molecule has 0 saturated heterocycles. The lowest BCUT2D eigenvalue weighted by molar-refractivity contribution is -0.144. The van der Waals surface area contributed by atoms with Crippen LogP contribution in [-0.2, 0) is 11.2 Å². The van der Waals surface area contributed by atoms with Gasteiger partial charge in [0.2, 0.25) is 0 Å². The fourth-order valence-corrected chi connectivity index (χ4v) is 2.49. The van der Waals surface area contributed by atoms with Gasteiger partial charge in [-0.25, -0.2) is 9.78 Å². The molecular weight excluding hydrogens is 266 g/mol. The van der Waals surface area contributed by atoms with Crippen molar-refractivity contribution in [3.8, 4) is 0 Å². The van der Waals surface area contributed by atoms with E-state index < -0.39 is 17.4 Å². The molecule has 1 amide bonds. The molecule has 0 radical (unpaired) electrons. The van der Waals surface area contributed by atoms with Crippen LogP contribution in [0.4, 0.5) is 0 Å². The van der Waals surface area contributed by atoms with Crippen molar-refractivity contribution in [1.82, 2.24) is 10.3 Å². The van der Waals surface area contributed by atoms with Crippen molar-refractivity contribution in [1.29, 1.82) is 0 Å². The number of aromatic nitrogens is 1. The van der Waals surface area contributed by atoms with Gasteiger partial charge < -0.3 is 16.2 Å². The van der Waals surface area contributed by atoms with E-state index in [0.717, 1.165) is 5.01 Å². The minimum absolute atomic E-state index is 0.247. The fourth-order valence-electron chi connectivity index (χ4n) is 1.69. The van der Waals surface area contributed by atoms with Crippen LogP contribution < -0.4 is 11.1 Å². The quantitative estimate of drug-likeness (QED) is 0.693. The molecule has 0 aliphatic carbocycles. The number of carboxylic acids is 1. The van der Waals surface area contributed by atoms with E-state index in [2.05, 4.69) is 10.3 Å². The number of carbonyl (C=O) groups is 2. The summed E-state index contributed by atoms with van der Waals surface area (Å²) in [6.45, 7) is 3.84. The lowest BCUT2D eigenvalue weighted by Crippen LogP contribution is -2.52. The average Bonchev–Trinajstić information content (AvgIpc) is 2.78. The molecule has 0 aromatic carbocycles. The van der Waals surface area contributed by atoms with Crippen LogP contribution in [0.2, 0.25) is 0 Å². The first-order chi connectivity index (χ1) is 8.92. The second-order valence-electron chi connectivity index (χ2n) is 4.51. The summed E-state index contributed by atoms with van der Waals surface area (Å²) in [7, 11) is 0. The molecule has 4 N–H and O–H groups in total. The molecule has 1 aromatic rings. The Morgan fingerprint density at radius 1 is 1.58 bits per heavy atom. The molecule has 19 heavy (non-hydrogen) atoms. The summed E-state index contributed by atoms with van der Waals surface area (Å²) in [5.41, 5.74) is 4.40. The van der Waals surface area contributed by atoms with Gasteiger partial charge in [-0.15, -0.1) is 11.3 Å². The van der Waals surface area contributed by atoms with Gasteiger partial charge in [-0.05, 0) is 19.9 Å². The summed E-state index contributed by atoms with van der Waals surface area (Å²) in [6.07, 6.45) is 1.65. The van der Waals surface area contributed by atoms with Gasteiger partial charge in [0.1, 0.15) is 11.2 Å². The molecule has 1 rings (SSSR count). The molecule has 7 heteroatoms. The predicted octanol–water partition coefficient (Wildman–Crippen LogP) is 1.02. The van der Waals surface area contributed by atoms with E-state index in [1.165, 1.54) is 18.3 Å². The van der Waals surface area contributed by atoms with E-state index in [1.807, 2.05) is 6.92 Å². The number of aliphatic carboxylic acids is 1. The van der Waals surface area contributed by atoms with Gasteiger partial charge >= 0.3 is 5.97 Å². The van der Waals surface area contributed by atoms with Crippen LogP contribution in [0.3, 0.4) is 0 Å². The molecule has 6 nitrogen and oxygen atoms in total. The number of carboxylic acid groups (broad SMARTS) is 1. The number of amides is 1. The van der Waals surface area contributed by atoms with Crippen molar-refractivity contribution in [2.45, 2.75) is 38.6 Å². The van der Waals surface area contributed by atoms with E-state index in [-0.39, 0.29) is 5.69 Å². The molecule has 0 spiro atoms. The molecule has 0 saturated carbocycles. The Bertz CT molecular complexity index is 461. The van der Waals surface area contributed by atoms with Crippen molar-refractivity contribution in [2.75, 3.05) is 6.54 Å². The molecule has 1 heterocycles. The first-order valence-corrected chi connectivity index (χ1v) is 7.01. The van der Waals surface area contributed by atoms with Crippen LogP contribution >= 0.6 is 11.3 Å². The standard InChI is InChI=1S/C12H19N3O3S/c1-3-5-12(2,11(17)18)15-10(16)8-7-19-9(14-8)4-6-13/h7H,3-6,13H2,1-2H3,(H,15,16)(H,17,18). The summed E-state index contributed by atoms with van der Waals surface area (Å²) in [5.74, 6) is -1.50. The second-order valence-corrected chi connectivity index (χ2v) is 5.45. The highest BCUT2D eigenvalue weighted by atomic mass is 32.1. The van der Waals surface area contributed by atoms with Gasteiger partial charge in [-0.3, -0.25) is 4.79 Å². The van der Waals surface area contributed by atoms with Crippen molar-refractivity contribution in [3.05, 3.63) is 16.1 Å². The summed E-state index contributed by atoms with van der Waals surface area (Å²) in [4.78, 5) is 27.4. The number of hydrogen-bond acceptors (Lipinski definition) is 5. The highest BCUT2D eigenvalue weighted by Gasteiger charge is 2.34. The van der Waals surface area contributed by atoms with Crippen LogP contribution in [-0.4, -0.2) is 34.1 Å². The summed E-state index contributed by atoms with van der Waals surface area (Å²) in [5, 5.41) is 14.1. The van der Waals surface area contributed by atoms with Gasteiger partial charge in [-0.1, -0.05) is 13.3 Å². The maximum Gasteiger partial charge on any atom is 0.329 e. The lowest BCUT2D eigenvalue weighted by atomic mass is 9.96. The molecule has 106 valence electrons.